The molecule has 1 aromatic rings. The Morgan fingerprint density at radius 2 is 2.58 bits per heavy atom. The first-order valence-corrected chi connectivity index (χ1v) is 5.28. The largest absolute Gasteiger partial charge is 0.326 e. The van der Waals surface area contributed by atoms with Crippen LogP contribution in [0.15, 0.2) is 16.8 Å². The van der Waals surface area contributed by atoms with E-state index >= 15 is 0 Å². The smallest absolute Gasteiger partial charge is 0.0242 e. The Kier molecular flexibility index (Phi) is 2.44. The maximum Gasteiger partial charge on any atom is 0.0242 e. The van der Waals surface area contributed by atoms with Crippen LogP contribution >= 0.6 is 11.3 Å². The monoisotopic (exact) mass is 182 g/mol. The van der Waals surface area contributed by atoms with Crippen LogP contribution in [-0.2, 0) is 6.54 Å². The third-order valence-electron chi connectivity index (χ3n) is 2.30. The zero-order valence-corrected chi connectivity index (χ0v) is 7.89. The van der Waals surface area contributed by atoms with Crippen molar-refractivity contribution >= 4 is 11.3 Å². The summed E-state index contributed by atoms with van der Waals surface area (Å²) in [7, 11) is 0. The number of nitrogens with two attached hydrogens (primary N) is 1. The third kappa shape index (κ3) is 1.86. The van der Waals surface area contributed by atoms with Crippen molar-refractivity contribution in [3.05, 3.63) is 22.4 Å². The quantitative estimate of drug-likeness (QED) is 0.746. The fourth-order valence-corrected chi connectivity index (χ4v) is 2.31. The molecule has 0 bridgehead atoms. The molecule has 3 heteroatoms. The van der Waals surface area contributed by atoms with E-state index in [1.54, 1.807) is 11.3 Å². The lowest BCUT2D eigenvalue weighted by molar-refractivity contribution is 0.327. The molecule has 0 aromatic carbocycles. The van der Waals surface area contributed by atoms with E-state index in [-0.39, 0.29) is 0 Å². The third-order valence-corrected chi connectivity index (χ3v) is 3.03. The highest BCUT2D eigenvalue weighted by Gasteiger charge is 2.18. The molecule has 12 heavy (non-hydrogen) atoms. The van der Waals surface area contributed by atoms with Crippen molar-refractivity contribution in [3.63, 3.8) is 0 Å². The molecule has 1 aliphatic rings. The van der Waals surface area contributed by atoms with E-state index in [1.807, 2.05) is 0 Å². The van der Waals surface area contributed by atoms with Gasteiger partial charge in [-0.15, -0.1) is 0 Å². The van der Waals surface area contributed by atoms with Crippen molar-refractivity contribution in [1.29, 1.82) is 0 Å². The van der Waals surface area contributed by atoms with Crippen LogP contribution in [0.3, 0.4) is 0 Å². The summed E-state index contributed by atoms with van der Waals surface area (Å²) < 4.78 is 0. The SMILES string of the molecule is NC1CCN(Cc2ccsc2)C1. The summed E-state index contributed by atoms with van der Waals surface area (Å²) in [5.74, 6) is 0. The molecule has 2 N–H and O–H groups in total. The van der Waals surface area contributed by atoms with E-state index in [2.05, 4.69) is 21.7 Å². The molecule has 2 nitrogen and oxygen atoms in total. The average molecular weight is 182 g/mol. The highest BCUT2D eigenvalue weighted by Crippen LogP contribution is 2.13. The molecule has 0 aliphatic carbocycles. The predicted molar refractivity (Wildman–Crippen MR) is 52.2 cm³/mol. The van der Waals surface area contributed by atoms with Crippen molar-refractivity contribution in [2.75, 3.05) is 13.1 Å². The van der Waals surface area contributed by atoms with E-state index in [1.165, 1.54) is 5.56 Å². The Morgan fingerprint density at radius 1 is 1.67 bits per heavy atom. The zero-order chi connectivity index (χ0) is 8.39. The minimum absolute atomic E-state index is 0.406. The highest BCUT2D eigenvalue weighted by molar-refractivity contribution is 7.07. The summed E-state index contributed by atoms with van der Waals surface area (Å²) in [6.45, 7) is 3.31. The maximum atomic E-state index is 5.82. The van der Waals surface area contributed by atoms with Crippen molar-refractivity contribution < 1.29 is 0 Å². The second-order valence-electron chi connectivity index (χ2n) is 3.42. The summed E-state index contributed by atoms with van der Waals surface area (Å²) in [5, 5.41) is 4.34. The Hall–Kier alpha value is -0.380. The Balaban J connectivity index is 1.88. The minimum Gasteiger partial charge on any atom is -0.326 e. The van der Waals surface area contributed by atoms with Gasteiger partial charge in [-0.2, -0.15) is 11.3 Å². The van der Waals surface area contributed by atoms with Crippen LogP contribution < -0.4 is 5.73 Å². The van der Waals surface area contributed by atoms with Crippen LogP contribution in [0.2, 0.25) is 0 Å². The van der Waals surface area contributed by atoms with Crippen molar-refractivity contribution in [1.82, 2.24) is 4.90 Å². The van der Waals surface area contributed by atoms with E-state index in [0.717, 1.165) is 26.1 Å². The lowest BCUT2D eigenvalue weighted by Crippen LogP contribution is -2.26. The fourth-order valence-electron chi connectivity index (χ4n) is 1.65. The van der Waals surface area contributed by atoms with Crippen LogP contribution in [-0.4, -0.2) is 24.0 Å². The first kappa shape index (κ1) is 8.23. The van der Waals surface area contributed by atoms with Gasteiger partial charge < -0.3 is 5.73 Å². The van der Waals surface area contributed by atoms with E-state index in [0.29, 0.717) is 6.04 Å². The first-order valence-electron chi connectivity index (χ1n) is 4.33. The van der Waals surface area contributed by atoms with Gasteiger partial charge in [0.2, 0.25) is 0 Å². The molecule has 1 saturated heterocycles. The van der Waals surface area contributed by atoms with Crippen LogP contribution in [0, 0.1) is 0 Å². The van der Waals surface area contributed by atoms with Crippen LogP contribution in [0.1, 0.15) is 12.0 Å². The van der Waals surface area contributed by atoms with Crippen molar-refractivity contribution in [2.45, 2.75) is 19.0 Å². The van der Waals surface area contributed by atoms with Crippen LogP contribution in [0.4, 0.5) is 0 Å². The van der Waals surface area contributed by atoms with Gasteiger partial charge in [-0.05, 0) is 28.8 Å². The maximum absolute atomic E-state index is 5.82. The van der Waals surface area contributed by atoms with Gasteiger partial charge in [0.1, 0.15) is 0 Å². The number of hydrogen-bond donors (Lipinski definition) is 1. The standard InChI is InChI=1S/C9H14N2S/c10-9-1-3-11(6-9)5-8-2-4-12-7-8/h2,4,7,9H,1,3,5-6,10H2. The van der Waals surface area contributed by atoms with Gasteiger partial charge in [0.25, 0.3) is 0 Å². The van der Waals surface area contributed by atoms with Gasteiger partial charge in [0.15, 0.2) is 0 Å². The molecule has 1 atom stereocenters. The van der Waals surface area contributed by atoms with Crippen LogP contribution in [0.25, 0.3) is 0 Å². The Bertz CT molecular complexity index is 233. The molecule has 0 spiro atoms. The summed E-state index contributed by atoms with van der Waals surface area (Å²) in [5.41, 5.74) is 7.24. The molecule has 1 unspecified atom stereocenters. The normalized spacial score (nSPS) is 24.9. The number of rotatable bonds is 2. The molecular formula is C9H14N2S. The highest BCUT2D eigenvalue weighted by atomic mass is 32.1. The van der Waals surface area contributed by atoms with E-state index in [9.17, 15) is 0 Å². The lowest BCUT2D eigenvalue weighted by Gasteiger charge is -2.13. The molecule has 0 amide bonds. The molecule has 2 rings (SSSR count). The van der Waals surface area contributed by atoms with Gasteiger partial charge in [0, 0.05) is 25.7 Å². The predicted octanol–water partition coefficient (Wildman–Crippen LogP) is 1.28. The summed E-state index contributed by atoms with van der Waals surface area (Å²) in [6.07, 6.45) is 1.16. The van der Waals surface area contributed by atoms with Crippen molar-refractivity contribution in [2.24, 2.45) is 5.73 Å². The average Bonchev–Trinajstić information content (AvgIpc) is 2.63. The zero-order valence-electron chi connectivity index (χ0n) is 7.07. The fraction of sp³-hybridized carbons (Fsp3) is 0.556. The molecule has 66 valence electrons. The first-order chi connectivity index (χ1) is 5.84. The number of thiophene rings is 1. The number of likely N-dealkylation sites (tertiary alicyclic amines) is 1. The van der Waals surface area contributed by atoms with E-state index < -0.39 is 0 Å². The Morgan fingerprint density at radius 3 is 3.17 bits per heavy atom. The Labute approximate surface area is 77.0 Å². The molecule has 2 heterocycles. The minimum atomic E-state index is 0.406. The number of hydrogen-bond acceptors (Lipinski definition) is 3. The van der Waals surface area contributed by atoms with E-state index in [4.69, 9.17) is 5.73 Å². The van der Waals surface area contributed by atoms with Crippen LogP contribution in [0.5, 0.6) is 0 Å². The van der Waals surface area contributed by atoms with Gasteiger partial charge in [0.05, 0.1) is 0 Å². The second-order valence-corrected chi connectivity index (χ2v) is 4.20. The van der Waals surface area contributed by atoms with Gasteiger partial charge in [-0.25, -0.2) is 0 Å². The second kappa shape index (κ2) is 3.56. The van der Waals surface area contributed by atoms with Gasteiger partial charge in [-0.1, -0.05) is 0 Å². The molecule has 1 aliphatic heterocycles. The number of nitrogens with zero attached hydrogens (tertiary/aromatic N) is 1. The molecule has 0 radical (unpaired) electrons. The van der Waals surface area contributed by atoms with Gasteiger partial charge in [-0.3, -0.25) is 4.90 Å². The summed E-state index contributed by atoms with van der Waals surface area (Å²) in [6, 6.07) is 2.60. The summed E-state index contributed by atoms with van der Waals surface area (Å²) in [4.78, 5) is 2.42. The molecule has 1 aromatic heterocycles. The van der Waals surface area contributed by atoms with Crippen molar-refractivity contribution in [3.8, 4) is 0 Å². The molecule has 0 saturated carbocycles. The lowest BCUT2D eigenvalue weighted by atomic mass is 10.3. The topological polar surface area (TPSA) is 29.3 Å². The van der Waals surface area contributed by atoms with Gasteiger partial charge >= 0.3 is 0 Å². The summed E-state index contributed by atoms with van der Waals surface area (Å²) >= 11 is 1.77. The molecular weight excluding hydrogens is 168 g/mol. The molecule has 1 fully saturated rings.